The van der Waals surface area contributed by atoms with Crippen LogP contribution in [0, 0.1) is 27.7 Å². The summed E-state index contributed by atoms with van der Waals surface area (Å²) in [6.07, 6.45) is 0. The molecule has 0 N–H and O–H groups in total. The minimum absolute atomic E-state index is 0.422. The number of carbonyl (C=O) groups excluding carboxylic acids is 1. The molecule has 3 aromatic rings. The molecule has 0 aliphatic heterocycles. The Bertz CT molecular complexity index is 1050. The molecule has 0 fully saturated rings. The number of rotatable bonds is 5. The second-order valence-electron chi connectivity index (χ2n) is 7.09. The maximum Gasteiger partial charge on any atom is 0.343 e. The molecule has 0 bridgehead atoms. The van der Waals surface area contributed by atoms with Gasteiger partial charge < -0.3 is 9.47 Å². The lowest BCUT2D eigenvalue weighted by Gasteiger charge is -2.20. The molecular formula is C25H25ClO3. The van der Waals surface area contributed by atoms with Crippen molar-refractivity contribution < 1.29 is 14.3 Å². The zero-order valence-electron chi connectivity index (χ0n) is 17.4. The largest absolute Gasteiger partial charge is 0.493 e. The molecule has 0 amide bonds. The van der Waals surface area contributed by atoms with Crippen LogP contribution in [0.1, 0.15) is 39.5 Å². The molecular weight excluding hydrogens is 384 g/mol. The summed E-state index contributed by atoms with van der Waals surface area (Å²) in [5.41, 5.74) is 6.73. The summed E-state index contributed by atoms with van der Waals surface area (Å²) in [7, 11) is 0. The van der Waals surface area contributed by atoms with Gasteiger partial charge in [0.25, 0.3) is 0 Å². The molecule has 0 atom stereocenters. The molecule has 3 rings (SSSR count). The predicted octanol–water partition coefficient (Wildman–Crippen LogP) is 6.86. The van der Waals surface area contributed by atoms with Crippen molar-refractivity contribution in [3.8, 4) is 22.6 Å². The molecule has 29 heavy (non-hydrogen) atoms. The Morgan fingerprint density at radius 3 is 1.86 bits per heavy atom. The molecule has 0 spiro atoms. The highest BCUT2D eigenvalue weighted by molar-refractivity contribution is 6.30. The number of esters is 1. The standard InChI is InChI=1S/C25H25ClO3/c1-6-28-21-13-7-15(2)17(4)23(21)24-18(5)16(3)8-14-22(24)29-25(27)19-9-11-20(26)12-10-19/h7-14H,6H2,1-5H3. The Morgan fingerprint density at radius 2 is 1.31 bits per heavy atom. The number of halogens is 1. The number of hydrogen-bond acceptors (Lipinski definition) is 3. The van der Waals surface area contributed by atoms with Gasteiger partial charge in [-0.25, -0.2) is 4.79 Å². The van der Waals surface area contributed by atoms with Crippen LogP contribution in [-0.2, 0) is 0 Å². The minimum atomic E-state index is -0.422. The number of carbonyl (C=O) groups is 1. The van der Waals surface area contributed by atoms with Crippen molar-refractivity contribution in [2.45, 2.75) is 34.6 Å². The van der Waals surface area contributed by atoms with E-state index in [0.29, 0.717) is 22.9 Å². The number of benzene rings is 3. The van der Waals surface area contributed by atoms with Crippen molar-refractivity contribution in [2.24, 2.45) is 0 Å². The van der Waals surface area contributed by atoms with E-state index in [1.165, 1.54) is 0 Å². The van der Waals surface area contributed by atoms with Gasteiger partial charge in [0.15, 0.2) is 0 Å². The second-order valence-corrected chi connectivity index (χ2v) is 7.53. The Kier molecular flexibility index (Phi) is 6.29. The number of aryl methyl sites for hydroxylation is 2. The molecule has 0 heterocycles. The zero-order chi connectivity index (χ0) is 21.1. The fraction of sp³-hybridized carbons (Fsp3) is 0.240. The van der Waals surface area contributed by atoms with E-state index in [9.17, 15) is 4.79 Å². The van der Waals surface area contributed by atoms with E-state index in [-0.39, 0.29) is 0 Å². The Morgan fingerprint density at radius 1 is 0.793 bits per heavy atom. The highest BCUT2D eigenvalue weighted by Crippen LogP contribution is 2.43. The highest BCUT2D eigenvalue weighted by atomic mass is 35.5. The van der Waals surface area contributed by atoms with Gasteiger partial charge in [0, 0.05) is 16.1 Å². The van der Waals surface area contributed by atoms with E-state index in [1.54, 1.807) is 24.3 Å². The van der Waals surface area contributed by atoms with Crippen LogP contribution in [0.25, 0.3) is 11.1 Å². The Labute approximate surface area is 177 Å². The summed E-state index contributed by atoms with van der Waals surface area (Å²) < 4.78 is 11.8. The van der Waals surface area contributed by atoms with Crippen LogP contribution in [0.3, 0.4) is 0 Å². The van der Waals surface area contributed by atoms with Gasteiger partial charge in [-0.1, -0.05) is 23.7 Å². The van der Waals surface area contributed by atoms with Crippen molar-refractivity contribution in [2.75, 3.05) is 6.61 Å². The van der Waals surface area contributed by atoms with Crippen molar-refractivity contribution in [1.29, 1.82) is 0 Å². The third kappa shape index (κ3) is 4.30. The minimum Gasteiger partial charge on any atom is -0.493 e. The van der Waals surface area contributed by atoms with Crippen LogP contribution in [-0.4, -0.2) is 12.6 Å². The van der Waals surface area contributed by atoms with Gasteiger partial charge in [0.2, 0.25) is 0 Å². The molecule has 3 aromatic carbocycles. The van der Waals surface area contributed by atoms with Crippen molar-refractivity contribution in [3.05, 3.63) is 81.4 Å². The lowest BCUT2D eigenvalue weighted by Crippen LogP contribution is -2.10. The lowest BCUT2D eigenvalue weighted by molar-refractivity contribution is 0.0735. The SMILES string of the molecule is CCOc1ccc(C)c(C)c1-c1c(OC(=O)c2ccc(Cl)cc2)ccc(C)c1C. The molecule has 0 saturated heterocycles. The van der Waals surface area contributed by atoms with Crippen LogP contribution in [0.5, 0.6) is 11.5 Å². The van der Waals surface area contributed by atoms with Gasteiger partial charge in [-0.05, 0) is 93.3 Å². The second kappa shape index (κ2) is 8.71. The molecule has 0 saturated carbocycles. The maximum absolute atomic E-state index is 12.8. The van der Waals surface area contributed by atoms with E-state index in [4.69, 9.17) is 21.1 Å². The first-order chi connectivity index (χ1) is 13.8. The first-order valence-electron chi connectivity index (χ1n) is 9.64. The van der Waals surface area contributed by atoms with Crippen molar-refractivity contribution in [3.63, 3.8) is 0 Å². The first-order valence-corrected chi connectivity index (χ1v) is 10.0. The van der Waals surface area contributed by atoms with Crippen molar-refractivity contribution in [1.82, 2.24) is 0 Å². The van der Waals surface area contributed by atoms with E-state index >= 15 is 0 Å². The fourth-order valence-corrected chi connectivity index (χ4v) is 3.43. The fourth-order valence-electron chi connectivity index (χ4n) is 3.31. The van der Waals surface area contributed by atoms with Crippen LogP contribution in [0.15, 0.2) is 48.5 Å². The number of hydrogen-bond donors (Lipinski definition) is 0. The molecule has 3 nitrogen and oxygen atoms in total. The summed E-state index contributed by atoms with van der Waals surface area (Å²) >= 11 is 5.93. The van der Waals surface area contributed by atoms with Gasteiger partial charge in [-0.3, -0.25) is 0 Å². The molecule has 150 valence electrons. The van der Waals surface area contributed by atoms with Gasteiger partial charge in [0.1, 0.15) is 11.5 Å². The van der Waals surface area contributed by atoms with Gasteiger partial charge in [-0.15, -0.1) is 0 Å². The zero-order valence-corrected chi connectivity index (χ0v) is 18.2. The first kappa shape index (κ1) is 20.9. The van der Waals surface area contributed by atoms with E-state index in [1.807, 2.05) is 38.1 Å². The molecule has 0 aliphatic rings. The molecule has 0 radical (unpaired) electrons. The highest BCUT2D eigenvalue weighted by Gasteiger charge is 2.21. The molecule has 0 aliphatic carbocycles. The summed E-state index contributed by atoms with van der Waals surface area (Å²) in [4.78, 5) is 12.8. The van der Waals surface area contributed by atoms with E-state index < -0.39 is 5.97 Å². The topological polar surface area (TPSA) is 35.5 Å². The normalized spacial score (nSPS) is 10.7. The third-order valence-corrected chi connectivity index (χ3v) is 5.48. The predicted molar refractivity (Wildman–Crippen MR) is 118 cm³/mol. The average molecular weight is 409 g/mol. The van der Waals surface area contributed by atoms with Crippen LogP contribution in [0.2, 0.25) is 5.02 Å². The van der Waals surface area contributed by atoms with E-state index in [2.05, 4.69) is 20.8 Å². The quantitative estimate of drug-likeness (QED) is 0.341. The van der Waals surface area contributed by atoms with Crippen LogP contribution < -0.4 is 9.47 Å². The van der Waals surface area contributed by atoms with Crippen LogP contribution >= 0.6 is 11.6 Å². The average Bonchev–Trinajstić information content (AvgIpc) is 2.70. The Balaban J connectivity index is 2.16. The number of ether oxygens (including phenoxy) is 2. The maximum atomic E-state index is 12.8. The summed E-state index contributed by atoms with van der Waals surface area (Å²) in [5.74, 6) is 0.880. The molecule has 0 unspecified atom stereocenters. The van der Waals surface area contributed by atoms with Gasteiger partial charge in [0.05, 0.1) is 12.2 Å². The monoisotopic (exact) mass is 408 g/mol. The molecule has 4 heteroatoms. The van der Waals surface area contributed by atoms with E-state index in [0.717, 1.165) is 39.1 Å². The van der Waals surface area contributed by atoms with Crippen LogP contribution in [0.4, 0.5) is 0 Å². The summed E-state index contributed by atoms with van der Waals surface area (Å²) in [6, 6.07) is 14.5. The smallest absolute Gasteiger partial charge is 0.343 e. The van der Waals surface area contributed by atoms with Gasteiger partial charge in [-0.2, -0.15) is 0 Å². The Hall–Kier alpha value is -2.78. The summed E-state index contributed by atoms with van der Waals surface area (Å²) in [5, 5.41) is 0.574. The molecule has 0 aromatic heterocycles. The third-order valence-electron chi connectivity index (χ3n) is 5.23. The lowest BCUT2D eigenvalue weighted by atomic mass is 9.90. The summed E-state index contributed by atoms with van der Waals surface area (Å²) in [6.45, 7) is 10.7. The van der Waals surface area contributed by atoms with Crippen molar-refractivity contribution >= 4 is 17.6 Å². The van der Waals surface area contributed by atoms with Gasteiger partial charge >= 0.3 is 5.97 Å².